The zero-order valence-corrected chi connectivity index (χ0v) is 10.9. The van der Waals surface area contributed by atoms with Crippen molar-refractivity contribution in [3.8, 4) is 0 Å². The maximum Gasteiger partial charge on any atom is -0.00235 e. The molecule has 0 fully saturated rings. The van der Waals surface area contributed by atoms with Gasteiger partial charge in [-0.1, -0.05) is 43.6 Å². The van der Waals surface area contributed by atoms with Crippen molar-refractivity contribution in [2.24, 2.45) is 11.8 Å². The highest BCUT2D eigenvalue weighted by molar-refractivity contribution is 5.18. The average Bonchev–Trinajstić information content (AvgIpc) is 2.12. The largest absolute Gasteiger partial charge is 0.0782 e. The molecule has 0 nitrogen and oxygen atoms in total. The quantitative estimate of drug-likeness (QED) is 0.554. The van der Waals surface area contributed by atoms with E-state index >= 15 is 0 Å². The van der Waals surface area contributed by atoms with Gasteiger partial charge in [0.1, 0.15) is 0 Å². The van der Waals surface area contributed by atoms with E-state index in [1.807, 2.05) is 0 Å². The van der Waals surface area contributed by atoms with Crippen molar-refractivity contribution in [1.29, 1.82) is 0 Å². The topological polar surface area (TPSA) is 0 Å². The van der Waals surface area contributed by atoms with E-state index in [0.717, 1.165) is 0 Å². The van der Waals surface area contributed by atoms with Crippen LogP contribution in [-0.2, 0) is 0 Å². The Bertz CT molecular complexity index is 224. The molecule has 1 atom stereocenters. The lowest BCUT2D eigenvalue weighted by Gasteiger charge is -2.16. The van der Waals surface area contributed by atoms with Gasteiger partial charge in [-0.25, -0.2) is 0 Å². The SMILES string of the molecule is CCC(C=C(C)C(C)C)C(C)=C(C)C. The van der Waals surface area contributed by atoms with Gasteiger partial charge in [0, 0.05) is 0 Å². The van der Waals surface area contributed by atoms with Crippen LogP contribution in [0.2, 0.25) is 0 Å². The van der Waals surface area contributed by atoms with Crippen molar-refractivity contribution in [2.45, 2.75) is 54.9 Å². The molecule has 1 unspecified atom stereocenters. The average molecular weight is 194 g/mol. The molecule has 0 bridgehead atoms. The van der Waals surface area contributed by atoms with E-state index in [0.29, 0.717) is 11.8 Å². The Morgan fingerprint density at radius 2 is 1.57 bits per heavy atom. The second-order valence-electron chi connectivity index (χ2n) is 4.76. The highest BCUT2D eigenvalue weighted by Gasteiger charge is 2.08. The first-order valence-corrected chi connectivity index (χ1v) is 5.72. The summed E-state index contributed by atoms with van der Waals surface area (Å²) in [7, 11) is 0. The van der Waals surface area contributed by atoms with Gasteiger partial charge in [0.2, 0.25) is 0 Å². The van der Waals surface area contributed by atoms with E-state index in [9.17, 15) is 0 Å². The minimum Gasteiger partial charge on any atom is -0.0782 e. The van der Waals surface area contributed by atoms with Gasteiger partial charge in [-0.2, -0.15) is 0 Å². The first-order valence-electron chi connectivity index (χ1n) is 5.72. The van der Waals surface area contributed by atoms with E-state index in [2.05, 4.69) is 54.5 Å². The monoisotopic (exact) mass is 194 g/mol. The molecule has 0 radical (unpaired) electrons. The minimum absolute atomic E-state index is 0.641. The molecule has 0 spiro atoms. The van der Waals surface area contributed by atoms with Crippen LogP contribution >= 0.6 is 0 Å². The molecule has 0 heteroatoms. The molecule has 82 valence electrons. The van der Waals surface area contributed by atoms with E-state index in [1.54, 1.807) is 0 Å². The Labute approximate surface area is 90.1 Å². The number of hydrogen-bond acceptors (Lipinski definition) is 0. The van der Waals surface area contributed by atoms with Crippen LogP contribution < -0.4 is 0 Å². The summed E-state index contributed by atoms with van der Waals surface area (Å²) in [4.78, 5) is 0. The smallest absolute Gasteiger partial charge is 0.00235 e. The standard InChI is InChI=1S/C14H26/c1-8-14(13(7)11(4)5)9-12(6)10(2)3/h9-10,14H,8H2,1-7H3. The van der Waals surface area contributed by atoms with Crippen molar-refractivity contribution in [3.05, 3.63) is 22.8 Å². The molecular formula is C14H26. The molecule has 0 aliphatic rings. The van der Waals surface area contributed by atoms with Gasteiger partial charge in [0.05, 0.1) is 0 Å². The molecule has 0 aromatic heterocycles. The number of hydrogen-bond donors (Lipinski definition) is 0. The summed E-state index contributed by atoms with van der Waals surface area (Å²) >= 11 is 0. The fraction of sp³-hybridized carbons (Fsp3) is 0.714. The Hall–Kier alpha value is -0.520. The molecule has 14 heavy (non-hydrogen) atoms. The van der Waals surface area contributed by atoms with Crippen molar-refractivity contribution in [2.75, 3.05) is 0 Å². The van der Waals surface area contributed by atoms with E-state index in [4.69, 9.17) is 0 Å². The Morgan fingerprint density at radius 1 is 1.07 bits per heavy atom. The third-order valence-corrected chi connectivity index (χ3v) is 3.16. The van der Waals surface area contributed by atoms with Crippen LogP contribution in [0.3, 0.4) is 0 Å². The first kappa shape index (κ1) is 13.5. The third kappa shape index (κ3) is 4.13. The normalized spacial score (nSPS) is 14.4. The number of allylic oxidation sites excluding steroid dienone is 4. The summed E-state index contributed by atoms with van der Waals surface area (Å²) in [5.41, 5.74) is 4.51. The van der Waals surface area contributed by atoms with Crippen molar-refractivity contribution in [1.82, 2.24) is 0 Å². The van der Waals surface area contributed by atoms with Crippen LogP contribution in [-0.4, -0.2) is 0 Å². The zero-order valence-electron chi connectivity index (χ0n) is 10.9. The van der Waals surface area contributed by atoms with Crippen molar-refractivity contribution >= 4 is 0 Å². The molecule has 0 aromatic carbocycles. The molecule has 0 N–H and O–H groups in total. The van der Waals surface area contributed by atoms with Crippen LogP contribution in [0.5, 0.6) is 0 Å². The van der Waals surface area contributed by atoms with Crippen LogP contribution in [0.15, 0.2) is 22.8 Å². The van der Waals surface area contributed by atoms with Gasteiger partial charge in [-0.15, -0.1) is 0 Å². The Morgan fingerprint density at radius 3 is 1.86 bits per heavy atom. The van der Waals surface area contributed by atoms with Crippen molar-refractivity contribution in [3.63, 3.8) is 0 Å². The van der Waals surface area contributed by atoms with Gasteiger partial charge in [0.25, 0.3) is 0 Å². The summed E-state index contributed by atoms with van der Waals surface area (Å²) in [6.07, 6.45) is 3.65. The summed E-state index contributed by atoms with van der Waals surface area (Å²) in [6, 6.07) is 0. The minimum atomic E-state index is 0.641. The molecular weight excluding hydrogens is 168 g/mol. The van der Waals surface area contributed by atoms with E-state index in [1.165, 1.54) is 23.1 Å². The van der Waals surface area contributed by atoms with Crippen molar-refractivity contribution < 1.29 is 0 Å². The second-order valence-corrected chi connectivity index (χ2v) is 4.76. The molecule has 0 heterocycles. The van der Waals surface area contributed by atoms with Gasteiger partial charge in [-0.3, -0.25) is 0 Å². The lowest BCUT2D eigenvalue weighted by Crippen LogP contribution is -2.01. The molecule has 0 aliphatic carbocycles. The maximum atomic E-state index is 2.44. The molecule has 0 amide bonds. The van der Waals surface area contributed by atoms with Gasteiger partial charge in [0.15, 0.2) is 0 Å². The molecule has 0 saturated carbocycles. The van der Waals surface area contributed by atoms with Gasteiger partial charge in [-0.05, 0) is 46.0 Å². The number of rotatable bonds is 4. The molecule has 0 rings (SSSR count). The summed E-state index contributed by atoms with van der Waals surface area (Å²) < 4.78 is 0. The van der Waals surface area contributed by atoms with Gasteiger partial charge >= 0.3 is 0 Å². The van der Waals surface area contributed by atoms with E-state index in [-0.39, 0.29) is 0 Å². The molecule has 0 saturated heterocycles. The molecule has 0 aliphatic heterocycles. The predicted octanol–water partition coefficient (Wildman–Crippen LogP) is 4.97. The fourth-order valence-electron chi connectivity index (χ4n) is 1.43. The summed E-state index contributed by atoms with van der Waals surface area (Å²) in [5.74, 6) is 1.32. The molecule has 0 aromatic rings. The van der Waals surface area contributed by atoms with Crippen LogP contribution in [0, 0.1) is 11.8 Å². The van der Waals surface area contributed by atoms with Crippen LogP contribution in [0.4, 0.5) is 0 Å². The third-order valence-electron chi connectivity index (χ3n) is 3.16. The summed E-state index contributed by atoms with van der Waals surface area (Å²) in [5, 5.41) is 0. The predicted molar refractivity (Wildman–Crippen MR) is 66.4 cm³/mol. The maximum absolute atomic E-state index is 2.44. The summed E-state index contributed by atoms with van der Waals surface area (Å²) in [6.45, 7) is 15.7. The first-order chi connectivity index (χ1) is 6.40. The fourth-order valence-corrected chi connectivity index (χ4v) is 1.43. The zero-order chi connectivity index (χ0) is 11.3. The highest BCUT2D eigenvalue weighted by Crippen LogP contribution is 2.23. The van der Waals surface area contributed by atoms with Gasteiger partial charge < -0.3 is 0 Å². The second kappa shape index (κ2) is 6.06. The highest BCUT2D eigenvalue weighted by atomic mass is 14.1. The van der Waals surface area contributed by atoms with Crippen LogP contribution in [0.25, 0.3) is 0 Å². The lowest BCUT2D eigenvalue weighted by molar-refractivity contribution is 0.683. The van der Waals surface area contributed by atoms with E-state index < -0.39 is 0 Å². The Balaban J connectivity index is 4.77. The van der Waals surface area contributed by atoms with Crippen LogP contribution in [0.1, 0.15) is 54.9 Å². The lowest BCUT2D eigenvalue weighted by atomic mass is 9.90. The Kier molecular flexibility index (Phi) is 5.83.